The lowest BCUT2D eigenvalue weighted by Gasteiger charge is -2.52. The standard InChI is InChI=1S/C70H117N5O52/c1-18(85)71-35-23(90)6-69(67(108)109,124-56(35)41(97)26(93)9-77)126-59-44(100)30(13-81)114-65(50(59)106)120-54-32(15-83)116-63(39(48(54)104)75-22(5)89)123-58-45(101)34(118-64(49(58)105)119-52(28(95)11-79)40(96)25(92)8-76)17-112-61-38(74-21(4)88)47(103)53(31(14-82)115-61)121-66-51(107)60(55(33(16-84)117-66)122-62-37(73-20(3)87)46(102)43(99)29(12-80)113-62)127-70(68(110)111)7-24(91)36(72-19(2)86)57(125-70)42(98)27(94)10-78/h23-66,76-84,90-107H,6-17H2,1-5H3,(H,71,85)(H,72,86)(H,73,87)(H,74,88)(H,75,89)(H,108,109)(H,110,111)/t23-,24-,25-,26+,27+,28+,29+,30+,31+,32+,33+,34+,35+,36+,37+,38+,39+,40+,41+,42+,43-,44-,45-,46+,47+,48+,49+,50+,51+,52+,53+,54+,55-,56+,57+,58-,59-,60+,61+,62-,63-,64-,65-,66-,69-,70-/m0/s1. The second-order valence-corrected chi connectivity index (χ2v) is 31.5. The van der Waals surface area contributed by atoms with Gasteiger partial charge in [-0.2, -0.15) is 0 Å². The van der Waals surface area contributed by atoms with Gasteiger partial charge in [-0.15, -0.1) is 0 Å². The van der Waals surface area contributed by atoms with Crippen molar-refractivity contribution in [3.63, 3.8) is 0 Å². The number of carboxylic acids is 2. The van der Waals surface area contributed by atoms with E-state index in [4.69, 9.17) is 75.8 Å². The lowest BCUT2D eigenvalue weighted by molar-refractivity contribution is -0.399. The van der Waals surface area contributed by atoms with Crippen LogP contribution in [-0.2, 0) is 109 Å². The SMILES string of the molecule is CC(=O)N[C@H]1[C@H](O[C@H]2[C@@H](O)[C@@H](CO[C@@H]3O[C@H](CO)[C@@H](O[C@@H]4O[C@H](CO)[C@H](O[C@@H]5O[C@H](CO)[C@H](O)[C@H](O)[C@H]5NC(C)=O)[C@H](O[C@]5(C(=O)O)C[C@H](O)[C@@H](NC(C)=O)[C@H]([C@H](O)[C@H](O)CO)O5)[C@H]4O)[C@H](O)[C@H]3NC(C)=O)O[C@@H](O[C@@H]([C@H](O)[C@@H](O)CO)[C@H](O)CO)[C@@H]2O)O[C@H](CO)[C@@H](O[C@@H]2O[C@H](CO)[C@H](O)[C@H](O[C@]3(C(=O)O)C[C@H](O)[C@@H](NC(C)=O)[C@H]([C@H](O)[C@H](O)CO)O3)[C@H]2O)[C@@H]1O. The molecule has 734 valence electrons. The molecule has 5 amide bonds. The van der Waals surface area contributed by atoms with E-state index in [2.05, 4.69) is 26.6 Å². The topological polar surface area (TPSA) is 914 Å². The van der Waals surface area contributed by atoms with Gasteiger partial charge in [0.1, 0.15) is 207 Å². The van der Waals surface area contributed by atoms with Crippen molar-refractivity contribution in [1.29, 1.82) is 0 Å². The molecule has 0 saturated carbocycles. The third-order valence-corrected chi connectivity index (χ3v) is 22.3. The van der Waals surface area contributed by atoms with Gasteiger partial charge in [-0.05, 0) is 0 Å². The summed E-state index contributed by atoms with van der Waals surface area (Å²) in [6.45, 7) is -8.20. The van der Waals surface area contributed by atoms with E-state index < -0.39 is 401 Å². The minimum absolute atomic E-state index is 0.844. The molecule has 46 atom stereocenters. The molecule has 0 unspecified atom stereocenters. The van der Waals surface area contributed by atoms with Gasteiger partial charge in [0.05, 0.1) is 90.4 Å². The fourth-order valence-corrected chi connectivity index (χ4v) is 15.9. The predicted octanol–water partition coefficient (Wildman–Crippen LogP) is -21.9. The van der Waals surface area contributed by atoms with Crippen LogP contribution in [0.5, 0.6) is 0 Å². The molecule has 0 radical (unpaired) electrons. The summed E-state index contributed by atoms with van der Waals surface area (Å²) in [7, 11) is 0. The van der Waals surface area contributed by atoms with Crippen LogP contribution in [0.2, 0.25) is 0 Å². The van der Waals surface area contributed by atoms with Crippen molar-refractivity contribution in [3.05, 3.63) is 0 Å². The number of hydrogen-bond acceptors (Lipinski definition) is 50. The molecule has 0 aromatic carbocycles. The van der Waals surface area contributed by atoms with Gasteiger partial charge in [0.15, 0.2) is 37.7 Å². The van der Waals surface area contributed by atoms with E-state index in [1.54, 1.807) is 0 Å². The van der Waals surface area contributed by atoms with Crippen LogP contribution >= 0.6 is 0 Å². The summed E-state index contributed by atoms with van der Waals surface area (Å²) in [5.41, 5.74) is 0. The first-order valence-corrected chi connectivity index (χ1v) is 39.8. The fraction of sp³-hybridized carbons (Fsp3) is 0.900. The van der Waals surface area contributed by atoms with Gasteiger partial charge in [-0.25, -0.2) is 9.59 Å². The van der Waals surface area contributed by atoms with Gasteiger partial charge in [0.25, 0.3) is 11.6 Å². The number of carbonyl (C=O) groups excluding carboxylic acids is 5. The van der Waals surface area contributed by atoms with Gasteiger partial charge < -0.3 is 250 Å². The zero-order valence-electron chi connectivity index (χ0n) is 68.2. The van der Waals surface area contributed by atoms with Gasteiger partial charge in [-0.3, -0.25) is 24.0 Å². The summed E-state index contributed by atoms with van der Waals surface area (Å²) in [6.07, 6.45) is -92.2. The molecule has 0 bridgehead atoms. The molecule has 57 nitrogen and oxygen atoms in total. The van der Waals surface area contributed by atoms with E-state index in [1.165, 1.54) is 0 Å². The number of amides is 5. The van der Waals surface area contributed by atoms with Crippen LogP contribution in [0.3, 0.4) is 0 Å². The second-order valence-electron chi connectivity index (χ2n) is 31.5. The van der Waals surface area contributed by atoms with Crippen LogP contribution in [0.25, 0.3) is 0 Å². The smallest absolute Gasteiger partial charge is 0.364 e. The molecule has 8 aliphatic heterocycles. The first kappa shape index (κ1) is 107. The maximum atomic E-state index is 13.8. The molecule has 57 heteroatoms. The third kappa shape index (κ3) is 24.4. The number of aliphatic carboxylic acids is 2. The molecule has 8 rings (SSSR count). The Labute approximate surface area is 718 Å². The highest BCUT2D eigenvalue weighted by Gasteiger charge is 2.65. The fourth-order valence-electron chi connectivity index (χ4n) is 15.9. The molecule has 0 aromatic rings. The number of aliphatic hydroxyl groups excluding tert-OH is 27. The van der Waals surface area contributed by atoms with E-state index in [-0.39, 0.29) is 0 Å². The quantitative estimate of drug-likeness (QED) is 0.0271. The Morgan fingerprint density at radius 2 is 0.661 bits per heavy atom. The van der Waals surface area contributed by atoms with Gasteiger partial charge >= 0.3 is 11.9 Å². The lowest BCUT2D eigenvalue weighted by Crippen LogP contribution is -2.72. The lowest BCUT2D eigenvalue weighted by atomic mass is 9.88. The van der Waals surface area contributed by atoms with Crippen molar-refractivity contribution in [2.24, 2.45) is 0 Å². The molecule has 8 heterocycles. The average Bonchev–Trinajstić information content (AvgIpc) is 0.744. The van der Waals surface area contributed by atoms with E-state index in [1.807, 2.05) is 0 Å². The molecule has 0 aliphatic carbocycles. The van der Waals surface area contributed by atoms with Crippen molar-refractivity contribution < 1.29 is 257 Å². The molecule has 8 fully saturated rings. The monoisotopic (exact) mass is 1860 g/mol. The second kappa shape index (κ2) is 46.5. The van der Waals surface area contributed by atoms with Crippen molar-refractivity contribution in [2.75, 3.05) is 66.1 Å². The predicted molar refractivity (Wildman–Crippen MR) is 392 cm³/mol. The summed E-state index contributed by atoms with van der Waals surface area (Å²) in [5, 5.41) is 333. The number of rotatable bonds is 40. The van der Waals surface area contributed by atoms with Crippen LogP contribution in [0.4, 0.5) is 0 Å². The number of ether oxygens (including phenoxy) is 16. The normalized spacial score (nSPS) is 42.8. The number of hydrogen-bond donors (Lipinski definition) is 34. The Bertz CT molecular complexity index is 3530. The zero-order chi connectivity index (χ0) is 94.8. The Balaban J connectivity index is 1.11. The van der Waals surface area contributed by atoms with Crippen LogP contribution in [0.15, 0.2) is 0 Å². The van der Waals surface area contributed by atoms with Crippen LogP contribution in [0, 0.1) is 0 Å². The van der Waals surface area contributed by atoms with Crippen LogP contribution in [0.1, 0.15) is 47.5 Å². The Kier molecular flexibility index (Phi) is 39.1. The maximum Gasteiger partial charge on any atom is 0.364 e. The largest absolute Gasteiger partial charge is 0.477 e. The van der Waals surface area contributed by atoms with Crippen LogP contribution < -0.4 is 26.6 Å². The molecule has 127 heavy (non-hydrogen) atoms. The zero-order valence-corrected chi connectivity index (χ0v) is 68.2. The number of carboxylic acid groups (broad SMARTS) is 2. The third-order valence-electron chi connectivity index (χ3n) is 22.3. The number of nitrogens with one attached hydrogen (secondary N) is 5. The van der Waals surface area contributed by atoms with E-state index in [0.29, 0.717) is 0 Å². The summed E-state index contributed by atoms with van der Waals surface area (Å²) >= 11 is 0. The van der Waals surface area contributed by atoms with Crippen molar-refractivity contribution in [2.45, 2.75) is 328 Å². The van der Waals surface area contributed by atoms with Gasteiger partial charge in [0, 0.05) is 47.5 Å². The molecule has 8 aliphatic rings. The Morgan fingerprint density at radius 1 is 0.339 bits per heavy atom. The molecule has 8 saturated heterocycles. The van der Waals surface area contributed by atoms with Gasteiger partial charge in [0.2, 0.25) is 29.5 Å². The molecule has 0 spiro atoms. The molecule has 34 N–H and O–H groups in total. The maximum absolute atomic E-state index is 13.8. The molecule has 0 aromatic heterocycles. The average molecular weight is 1860 g/mol. The summed E-state index contributed by atoms with van der Waals surface area (Å²) in [5.74, 6) is -16.1. The van der Waals surface area contributed by atoms with Crippen molar-refractivity contribution in [1.82, 2.24) is 26.6 Å². The highest BCUT2D eigenvalue weighted by Crippen LogP contribution is 2.44. The highest BCUT2D eigenvalue weighted by atomic mass is 16.8. The first-order chi connectivity index (χ1) is 59.7. The minimum Gasteiger partial charge on any atom is -0.477 e. The van der Waals surface area contributed by atoms with E-state index >= 15 is 0 Å². The molecular weight excluding hydrogens is 1740 g/mol. The summed E-state index contributed by atoms with van der Waals surface area (Å²) in [4.78, 5) is 90.7. The number of carbonyl (C=O) groups is 7. The van der Waals surface area contributed by atoms with Crippen LogP contribution in [-0.4, -0.2) is 537 Å². The van der Waals surface area contributed by atoms with Crippen molar-refractivity contribution in [3.8, 4) is 0 Å². The van der Waals surface area contributed by atoms with E-state index in [9.17, 15) is 182 Å². The number of aliphatic hydroxyl groups is 27. The van der Waals surface area contributed by atoms with E-state index in [0.717, 1.165) is 34.6 Å². The first-order valence-electron chi connectivity index (χ1n) is 39.8. The molecular formula is C70H117N5O52. The minimum atomic E-state index is -3.48. The van der Waals surface area contributed by atoms with Crippen molar-refractivity contribution >= 4 is 41.5 Å². The summed E-state index contributed by atoms with van der Waals surface area (Å²) < 4.78 is 94.7. The Hall–Kier alpha value is -5.43. The van der Waals surface area contributed by atoms with Gasteiger partial charge in [-0.1, -0.05) is 0 Å². The summed E-state index contributed by atoms with van der Waals surface area (Å²) in [6, 6.07) is -9.73. The Morgan fingerprint density at radius 3 is 1.08 bits per heavy atom. The highest BCUT2D eigenvalue weighted by molar-refractivity contribution is 5.78.